The number of benzene rings is 1. The molecule has 0 N–H and O–H groups in total. The van der Waals surface area contributed by atoms with Crippen molar-refractivity contribution in [2.24, 2.45) is 11.8 Å². The first kappa shape index (κ1) is 21.7. The van der Waals surface area contributed by atoms with Crippen LogP contribution in [0.5, 0.6) is 5.88 Å². The summed E-state index contributed by atoms with van der Waals surface area (Å²) in [5.74, 6) is 2.02. The normalized spacial score (nSPS) is 19.3. The van der Waals surface area contributed by atoms with Gasteiger partial charge in [-0.25, -0.2) is 4.39 Å². The zero-order valence-corrected chi connectivity index (χ0v) is 18.0. The van der Waals surface area contributed by atoms with Gasteiger partial charge in [-0.1, -0.05) is 64.9 Å². The predicted molar refractivity (Wildman–Crippen MR) is 117 cm³/mol. The van der Waals surface area contributed by atoms with E-state index in [-0.39, 0.29) is 5.82 Å². The Balaban J connectivity index is 1.52. The first-order chi connectivity index (χ1) is 14.2. The van der Waals surface area contributed by atoms with E-state index >= 15 is 0 Å². The van der Waals surface area contributed by atoms with Crippen molar-refractivity contribution < 1.29 is 9.13 Å². The van der Waals surface area contributed by atoms with Crippen LogP contribution in [-0.4, -0.2) is 16.8 Å². The van der Waals surface area contributed by atoms with E-state index in [4.69, 9.17) is 4.74 Å². The average molecular weight is 399 g/mol. The lowest BCUT2D eigenvalue weighted by atomic mass is 9.78. The van der Waals surface area contributed by atoms with Gasteiger partial charge in [-0.15, -0.1) is 10.2 Å². The Morgan fingerprint density at radius 2 is 1.69 bits per heavy atom. The number of nitrogens with zero attached hydrogens (tertiary/aromatic N) is 2. The first-order valence-electron chi connectivity index (χ1n) is 11.4. The molecule has 0 atom stereocenters. The molecule has 2 aromatic rings. The van der Waals surface area contributed by atoms with Crippen molar-refractivity contribution in [3.8, 4) is 17.1 Å². The zero-order chi connectivity index (χ0) is 20.5. The quantitative estimate of drug-likeness (QED) is 0.404. The van der Waals surface area contributed by atoms with Crippen molar-refractivity contribution in [1.82, 2.24) is 10.2 Å². The van der Waals surface area contributed by atoms with Crippen LogP contribution in [0.15, 0.2) is 30.3 Å². The van der Waals surface area contributed by atoms with Crippen LogP contribution in [0.1, 0.15) is 77.2 Å². The molecule has 0 radical (unpaired) electrons. The molecular formula is C25H35FN2O. The largest absolute Gasteiger partial charge is 0.477 e. The summed E-state index contributed by atoms with van der Waals surface area (Å²) in [4.78, 5) is 0. The molecule has 1 aromatic carbocycles. The van der Waals surface area contributed by atoms with Gasteiger partial charge in [-0.2, -0.15) is 0 Å². The lowest BCUT2D eigenvalue weighted by molar-refractivity contribution is 0.252. The fourth-order valence-electron chi connectivity index (χ4n) is 4.37. The van der Waals surface area contributed by atoms with E-state index in [0.717, 1.165) is 36.7 Å². The highest BCUT2D eigenvalue weighted by molar-refractivity contribution is 5.60. The maximum Gasteiger partial charge on any atom is 0.233 e. The van der Waals surface area contributed by atoms with Gasteiger partial charge in [0, 0.05) is 11.6 Å². The fraction of sp³-hybridized carbons (Fsp3) is 0.600. The second-order valence-electron chi connectivity index (χ2n) is 8.49. The topological polar surface area (TPSA) is 35.0 Å². The van der Waals surface area contributed by atoms with E-state index in [1.807, 2.05) is 12.1 Å². The lowest BCUT2D eigenvalue weighted by Crippen LogP contribution is -2.15. The van der Waals surface area contributed by atoms with Crippen LogP contribution in [-0.2, 0) is 6.42 Å². The highest BCUT2D eigenvalue weighted by atomic mass is 19.1. The summed E-state index contributed by atoms with van der Waals surface area (Å²) in [5.41, 5.74) is 2.13. The van der Waals surface area contributed by atoms with Crippen LogP contribution < -0.4 is 4.74 Å². The minimum absolute atomic E-state index is 0.219. The zero-order valence-electron chi connectivity index (χ0n) is 18.0. The van der Waals surface area contributed by atoms with Crippen LogP contribution in [0.3, 0.4) is 0 Å². The van der Waals surface area contributed by atoms with Crippen LogP contribution >= 0.6 is 0 Å². The summed E-state index contributed by atoms with van der Waals surface area (Å²) in [6.45, 7) is 5.03. The summed E-state index contributed by atoms with van der Waals surface area (Å²) in [6, 6.07) is 9.09. The van der Waals surface area contributed by atoms with Crippen molar-refractivity contribution in [3.63, 3.8) is 0 Å². The molecule has 0 spiro atoms. The first-order valence-corrected chi connectivity index (χ1v) is 11.4. The van der Waals surface area contributed by atoms with E-state index in [2.05, 4.69) is 24.0 Å². The summed E-state index contributed by atoms with van der Waals surface area (Å²) in [5, 5.41) is 8.21. The number of hydrogen-bond donors (Lipinski definition) is 0. The van der Waals surface area contributed by atoms with Gasteiger partial charge in [-0.05, 0) is 54.9 Å². The van der Waals surface area contributed by atoms with Gasteiger partial charge < -0.3 is 4.74 Å². The van der Waals surface area contributed by atoms with Crippen molar-refractivity contribution in [1.29, 1.82) is 0 Å². The highest BCUT2D eigenvalue weighted by Crippen LogP contribution is 2.34. The summed E-state index contributed by atoms with van der Waals surface area (Å²) >= 11 is 0. The number of rotatable bonds is 10. The van der Waals surface area contributed by atoms with Crippen molar-refractivity contribution in [2.75, 3.05) is 6.61 Å². The monoisotopic (exact) mass is 398 g/mol. The number of ether oxygens (including phenoxy) is 1. The third kappa shape index (κ3) is 6.52. The van der Waals surface area contributed by atoms with Gasteiger partial charge in [0.25, 0.3) is 0 Å². The minimum Gasteiger partial charge on any atom is -0.477 e. The second-order valence-corrected chi connectivity index (χ2v) is 8.49. The molecule has 0 unspecified atom stereocenters. The lowest BCUT2D eigenvalue weighted by Gasteiger charge is -2.28. The maximum atomic E-state index is 14.7. The van der Waals surface area contributed by atoms with Crippen LogP contribution in [0.25, 0.3) is 11.3 Å². The number of aromatic nitrogens is 2. The molecule has 1 fully saturated rings. The fourth-order valence-corrected chi connectivity index (χ4v) is 4.37. The maximum absolute atomic E-state index is 14.7. The molecule has 0 aliphatic heterocycles. The van der Waals surface area contributed by atoms with E-state index in [1.165, 1.54) is 44.9 Å². The van der Waals surface area contributed by atoms with E-state index in [0.29, 0.717) is 23.7 Å². The Morgan fingerprint density at radius 1 is 0.931 bits per heavy atom. The summed E-state index contributed by atoms with van der Waals surface area (Å²) in [6.07, 6.45) is 12.3. The molecule has 0 saturated heterocycles. The number of halogens is 1. The number of unbranched alkanes of at least 4 members (excludes halogenated alkanes) is 1. The van der Waals surface area contributed by atoms with E-state index in [9.17, 15) is 4.39 Å². The van der Waals surface area contributed by atoms with Gasteiger partial charge in [-0.3, -0.25) is 0 Å². The van der Waals surface area contributed by atoms with Crippen molar-refractivity contribution in [2.45, 2.75) is 78.1 Å². The standard InChI is InChI=1S/C25H35FN2O/c1-3-5-17-29-25-16-15-24(27-28-25)22-14-13-21(18-23(22)26)12-11-20-9-7-19(6-4-2)8-10-20/h13-16,18-20H,3-12,17H2,1-2H3. The molecule has 0 amide bonds. The highest BCUT2D eigenvalue weighted by Gasteiger charge is 2.20. The summed E-state index contributed by atoms with van der Waals surface area (Å²) < 4.78 is 20.2. The molecular weight excluding hydrogens is 363 g/mol. The van der Waals surface area contributed by atoms with Crippen LogP contribution in [0.2, 0.25) is 0 Å². The Kier molecular flexibility index (Phi) is 8.45. The van der Waals surface area contributed by atoms with Gasteiger partial charge in [0.2, 0.25) is 5.88 Å². The van der Waals surface area contributed by atoms with Crippen molar-refractivity contribution >= 4 is 0 Å². The molecule has 3 rings (SSSR count). The Labute approximate surface area is 175 Å². The Bertz CT molecular complexity index is 739. The molecule has 3 nitrogen and oxygen atoms in total. The Hall–Kier alpha value is -1.97. The molecule has 29 heavy (non-hydrogen) atoms. The third-order valence-electron chi connectivity index (χ3n) is 6.20. The predicted octanol–water partition coefficient (Wildman–Crippen LogP) is 7.00. The molecule has 0 bridgehead atoms. The van der Waals surface area contributed by atoms with E-state index in [1.54, 1.807) is 18.2 Å². The van der Waals surface area contributed by atoms with Crippen molar-refractivity contribution in [3.05, 3.63) is 41.7 Å². The summed E-state index contributed by atoms with van der Waals surface area (Å²) in [7, 11) is 0. The minimum atomic E-state index is -0.219. The number of hydrogen-bond acceptors (Lipinski definition) is 3. The van der Waals surface area contributed by atoms with Crippen LogP contribution in [0, 0.1) is 17.7 Å². The van der Waals surface area contributed by atoms with Gasteiger partial charge >= 0.3 is 0 Å². The second kappa shape index (κ2) is 11.3. The average Bonchev–Trinajstić information content (AvgIpc) is 2.74. The van der Waals surface area contributed by atoms with Gasteiger partial charge in [0.05, 0.1) is 12.3 Å². The molecule has 158 valence electrons. The smallest absolute Gasteiger partial charge is 0.233 e. The number of aryl methyl sites for hydroxylation is 1. The molecule has 1 heterocycles. The molecule has 4 heteroatoms. The third-order valence-corrected chi connectivity index (χ3v) is 6.20. The SMILES string of the molecule is CCCCOc1ccc(-c2ccc(CCC3CCC(CCC)CC3)cc2F)nn1. The Morgan fingerprint density at radius 3 is 2.31 bits per heavy atom. The molecule has 1 aliphatic rings. The van der Waals surface area contributed by atoms with Gasteiger partial charge in [0.1, 0.15) is 5.82 Å². The molecule has 1 saturated carbocycles. The van der Waals surface area contributed by atoms with E-state index < -0.39 is 0 Å². The molecule has 1 aliphatic carbocycles. The van der Waals surface area contributed by atoms with Gasteiger partial charge in [0.15, 0.2) is 0 Å². The molecule has 1 aromatic heterocycles. The van der Waals surface area contributed by atoms with Crippen LogP contribution in [0.4, 0.5) is 4.39 Å².